The SMILES string of the molecule is CCOC(=O)C1CCCCN1Cc1cc(C#CCO)cs1. The van der Waals surface area contributed by atoms with Gasteiger partial charge >= 0.3 is 5.97 Å². The Bertz CT molecular complexity index is 529. The summed E-state index contributed by atoms with van der Waals surface area (Å²) in [5, 5.41) is 10.7. The predicted octanol–water partition coefficient (Wildman–Crippen LogP) is 2.01. The highest BCUT2D eigenvalue weighted by Gasteiger charge is 2.29. The zero-order valence-corrected chi connectivity index (χ0v) is 13.1. The Labute approximate surface area is 129 Å². The fourth-order valence-corrected chi connectivity index (χ4v) is 3.40. The molecule has 1 N–H and O–H groups in total. The molecular formula is C16H21NO3S. The van der Waals surface area contributed by atoms with Gasteiger partial charge in [-0.05, 0) is 32.4 Å². The van der Waals surface area contributed by atoms with E-state index < -0.39 is 0 Å². The second-order valence-corrected chi connectivity index (χ2v) is 5.99. The number of piperidine rings is 1. The number of carbonyl (C=O) groups excluding carboxylic acids is 1. The molecule has 5 heteroatoms. The Kier molecular flexibility index (Phi) is 6.24. The zero-order valence-electron chi connectivity index (χ0n) is 12.3. The van der Waals surface area contributed by atoms with Gasteiger partial charge in [-0.15, -0.1) is 11.3 Å². The number of carbonyl (C=O) groups is 1. The third-order valence-corrected chi connectivity index (χ3v) is 4.42. The number of thiophene rings is 1. The molecule has 1 aliphatic heterocycles. The maximum atomic E-state index is 12.0. The minimum Gasteiger partial charge on any atom is -0.465 e. The summed E-state index contributed by atoms with van der Waals surface area (Å²) in [5.41, 5.74) is 0.925. The molecule has 0 spiro atoms. The Morgan fingerprint density at radius 2 is 2.43 bits per heavy atom. The highest BCUT2D eigenvalue weighted by molar-refractivity contribution is 7.10. The third-order valence-electron chi connectivity index (χ3n) is 3.50. The maximum Gasteiger partial charge on any atom is 0.323 e. The number of aliphatic hydroxyl groups is 1. The summed E-state index contributed by atoms with van der Waals surface area (Å²) in [6.07, 6.45) is 3.08. The summed E-state index contributed by atoms with van der Waals surface area (Å²) in [6, 6.07) is 1.91. The Morgan fingerprint density at radius 1 is 1.57 bits per heavy atom. The van der Waals surface area contributed by atoms with E-state index in [0.29, 0.717) is 6.61 Å². The minimum absolute atomic E-state index is 0.103. The molecule has 114 valence electrons. The summed E-state index contributed by atoms with van der Waals surface area (Å²) in [4.78, 5) is 15.4. The van der Waals surface area contributed by atoms with Crippen LogP contribution in [0.5, 0.6) is 0 Å². The van der Waals surface area contributed by atoms with E-state index in [0.717, 1.165) is 37.9 Å². The lowest BCUT2D eigenvalue weighted by atomic mass is 10.0. The molecule has 0 aliphatic carbocycles. The molecule has 1 aliphatic rings. The van der Waals surface area contributed by atoms with Crippen LogP contribution in [0, 0.1) is 11.8 Å². The molecule has 1 atom stereocenters. The normalized spacial score (nSPS) is 18.9. The number of rotatable bonds is 4. The van der Waals surface area contributed by atoms with E-state index >= 15 is 0 Å². The molecule has 0 aromatic carbocycles. The van der Waals surface area contributed by atoms with Crippen molar-refractivity contribution in [3.05, 3.63) is 21.9 Å². The molecule has 1 unspecified atom stereocenters. The third kappa shape index (κ3) is 4.57. The molecule has 21 heavy (non-hydrogen) atoms. The van der Waals surface area contributed by atoms with E-state index in [1.54, 1.807) is 11.3 Å². The summed E-state index contributed by atoms with van der Waals surface area (Å²) >= 11 is 1.64. The highest BCUT2D eigenvalue weighted by Crippen LogP contribution is 2.23. The number of aliphatic hydroxyl groups excluding tert-OH is 1. The first-order chi connectivity index (χ1) is 10.2. The molecule has 2 rings (SSSR count). The van der Waals surface area contributed by atoms with Gasteiger partial charge in [-0.1, -0.05) is 18.3 Å². The molecule has 1 aromatic heterocycles. The smallest absolute Gasteiger partial charge is 0.323 e. The summed E-state index contributed by atoms with van der Waals surface area (Å²) in [5.74, 6) is 5.45. The van der Waals surface area contributed by atoms with Crippen molar-refractivity contribution in [3.8, 4) is 11.8 Å². The van der Waals surface area contributed by atoms with Gasteiger partial charge in [0.15, 0.2) is 0 Å². The van der Waals surface area contributed by atoms with Crippen LogP contribution in [-0.2, 0) is 16.1 Å². The average Bonchev–Trinajstić information content (AvgIpc) is 2.93. The van der Waals surface area contributed by atoms with Gasteiger partial charge in [-0.25, -0.2) is 0 Å². The van der Waals surface area contributed by atoms with E-state index in [4.69, 9.17) is 9.84 Å². The van der Waals surface area contributed by atoms with Crippen molar-refractivity contribution < 1.29 is 14.6 Å². The molecule has 4 nitrogen and oxygen atoms in total. The van der Waals surface area contributed by atoms with Crippen molar-refractivity contribution in [3.63, 3.8) is 0 Å². The maximum absolute atomic E-state index is 12.0. The molecule has 0 saturated carbocycles. The van der Waals surface area contributed by atoms with E-state index in [2.05, 4.69) is 16.7 Å². The number of ether oxygens (including phenoxy) is 1. The number of hydrogen-bond donors (Lipinski definition) is 1. The lowest BCUT2D eigenvalue weighted by molar-refractivity contribution is -0.151. The van der Waals surface area contributed by atoms with Crippen LogP contribution in [0.4, 0.5) is 0 Å². The van der Waals surface area contributed by atoms with Crippen LogP contribution in [-0.4, -0.2) is 41.8 Å². The second-order valence-electron chi connectivity index (χ2n) is 5.00. The zero-order chi connectivity index (χ0) is 15.1. The first kappa shape index (κ1) is 16.0. The average molecular weight is 307 g/mol. The Morgan fingerprint density at radius 3 is 3.19 bits per heavy atom. The fraction of sp³-hybridized carbons (Fsp3) is 0.562. The van der Waals surface area contributed by atoms with Gasteiger partial charge in [-0.3, -0.25) is 9.69 Å². The molecule has 1 fully saturated rings. The van der Waals surface area contributed by atoms with Crippen LogP contribution in [0.25, 0.3) is 0 Å². The van der Waals surface area contributed by atoms with Gasteiger partial charge < -0.3 is 9.84 Å². The van der Waals surface area contributed by atoms with Crippen molar-refractivity contribution in [1.82, 2.24) is 4.90 Å². The van der Waals surface area contributed by atoms with Crippen LogP contribution in [0.1, 0.15) is 36.6 Å². The largest absolute Gasteiger partial charge is 0.465 e. The fourth-order valence-electron chi connectivity index (χ4n) is 2.56. The van der Waals surface area contributed by atoms with Crippen molar-refractivity contribution in [2.45, 2.75) is 38.8 Å². The van der Waals surface area contributed by atoms with Crippen molar-refractivity contribution in [2.75, 3.05) is 19.8 Å². The topological polar surface area (TPSA) is 49.8 Å². The van der Waals surface area contributed by atoms with Gasteiger partial charge in [0.05, 0.1) is 6.61 Å². The predicted molar refractivity (Wildman–Crippen MR) is 83.0 cm³/mol. The van der Waals surface area contributed by atoms with Gasteiger partial charge in [0.2, 0.25) is 0 Å². The molecule has 0 amide bonds. The van der Waals surface area contributed by atoms with Crippen molar-refractivity contribution in [1.29, 1.82) is 0 Å². The first-order valence-electron chi connectivity index (χ1n) is 7.32. The van der Waals surface area contributed by atoms with E-state index in [1.165, 1.54) is 4.88 Å². The van der Waals surface area contributed by atoms with Crippen LogP contribution >= 0.6 is 11.3 Å². The van der Waals surface area contributed by atoms with Gasteiger partial charge in [-0.2, -0.15) is 0 Å². The van der Waals surface area contributed by atoms with Crippen LogP contribution < -0.4 is 0 Å². The molecule has 1 aromatic rings. The van der Waals surface area contributed by atoms with E-state index in [1.807, 2.05) is 18.4 Å². The molecule has 2 heterocycles. The quantitative estimate of drug-likeness (QED) is 0.683. The van der Waals surface area contributed by atoms with Crippen molar-refractivity contribution in [2.24, 2.45) is 0 Å². The lowest BCUT2D eigenvalue weighted by Gasteiger charge is -2.33. The second kappa shape index (κ2) is 8.18. The van der Waals surface area contributed by atoms with Gasteiger partial charge in [0, 0.05) is 22.4 Å². The Balaban J connectivity index is 2.01. The van der Waals surface area contributed by atoms with E-state index in [-0.39, 0.29) is 18.6 Å². The standard InChI is InChI=1S/C16H21NO3S/c1-2-20-16(19)15-7-3-4-8-17(15)11-14-10-13(12-21-14)6-5-9-18/h10,12,15,18H,2-4,7-9,11H2,1H3. The van der Waals surface area contributed by atoms with Gasteiger partial charge in [0.25, 0.3) is 0 Å². The summed E-state index contributed by atoms with van der Waals surface area (Å²) in [6.45, 7) is 3.84. The number of likely N-dealkylation sites (tertiary alicyclic amines) is 1. The number of esters is 1. The highest BCUT2D eigenvalue weighted by atomic mass is 32.1. The molecular weight excluding hydrogens is 286 g/mol. The Hall–Kier alpha value is -1.35. The van der Waals surface area contributed by atoms with Crippen LogP contribution in [0.15, 0.2) is 11.4 Å². The molecule has 1 saturated heterocycles. The van der Waals surface area contributed by atoms with E-state index in [9.17, 15) is 4.79 Å². The van der Waals surface area contributed by atoms with Crippen molar-refractivity contribution >= 4 is 17.3 Å². The number of hydrogen-bond acceptors (Lipinski definition) is 5. The monoisotopic (exact) mass is 307 g/mol. The van der Waals surface area contributed by atoms with Crippen LogP contribution in [0.3, 0.4) is 0 Å². The lowest BCUT2D eigenvalue weighted by Crippen LogP contribution is -2.44. The van der Waals surface area contributed by atoms with Gasteiger partial charge in [0.1, 0.15) is 12.6 Å². The first-order valence-corrected chi connectivity index (χ1v) is 8.20. The summed E-state index contributed by atoms with van der Waals surface area (Å²) < 4.78 is 5.18. The minimum atomic E-state index is -0.123. The molecule has 0 bridgehead atoms. The summed E-state index contributed by atoms with van der Waals surface area (Å²) in [7, 11) is 0. The number of nitrogens with zero attached hydrogens (tertiary/aromatic N) is 1. The van der Waals surface area contributed by atoms with Crippen LogP contribution in [0.2, 0.25) is 0 Å². The molecule has 0 radical (unpaired) electrons.